The van der Waals surface area contributed by atoms with Crippen LogP contribution in [0.1, 0.15) is 26.3 Å². The molecule has 0 saturated carbocycles. The first kappa shape index (κ1) is 17.6. The van der Waals surface area contributed by atoms with Gasteiger partial charge in [0.2, 0.25) is 15.9 Å². The summed E-state index contributed by atoms with van der Waals surface area (Å²) in [6.07, 6.45) is 1.32. The molecule has 1 aromatic rings. The molecule has 0 spiro atoms. The fraction of sp³-hybridized carbons (Fsp3) is 0.500. The van der Waals surface area contributed by atoms with Gasteiger partial charge < -0.3 is 5.32 Å². The zero-order valence-electron chi connectivity index (χ0n) is 12.6. The van der Waals surface area contributed by atoms with Crippen molar-refractivity contribution in [1.82, 2.24) is 10.0 Å². The molecule has 2 N–H and O–H groups in total. The van der Waals surface area contributed by atoms with Gasteiger partial charge in [0.05, 0.1) is 6.26 Å². The molecule has 7 heteroatoms. The smallest absolute Gasteiger partial charge is 0.240 e. The van der Waals surface area contributed by atoms with E-state index < -0.39 is 21.5 Å². The van der Waals surface area contributed by atoms with E-state index in [4.69, 9.17) is 0 Å². The lowest BCUT2D eigenvalue weighted by Gasteiger charge is -2.26. The first-order chi connectivity index (χ1) is 9.51. The van der Waals surface area contributed by atoms with Crippen molar-refractivity contribution < 1.29 is 17.6 Å². The second kappa shape index (κ2) is 6.53. The molecule has 0 fully saturated rings. The number of nitrogens with one attached hydrogen (secondary N) is 2. The highest BCUT2D eigenvalue weighted by Gasteiger charge is 2.31. The van der Waals surface area contributed by atoms with Crippen molar-refractivity contribution in [2.24, 2.45) is 0 Å². The molecule has 118 valence electrons. The van der Waals surface area contributed by atoms with Crippen molar-refractivity contribution in [2.45, 2.75) is 38.8 Å². The van der Waals surface area contributed by atoms with E-state index in [1.165, 1.54) is 19.9 Å². The van der Waals surface area contributed by atoms with E-state index in [1.807, 2.05) is 0 Å². The molecule has 1 aromatic carbocycles. The molecule has 1 atom stereocenters. The van der Waals surface area contributed by atoms with Gasteiger partial charge >= 0.3 is 0 Å². The highest BCUT2D eigenvalue weighted by atomic mass is 32.2. The van der Waals surface area contributed by atoms with Gasteiger partial charge in [-0.3, -0.25) is 4.79 Å². The topological polar surface area (TPSA) is 75.3 Å². The molecule has 0 unspecified atom stereocenters. The van der Waals surface area contributed by atoms with Crippen LogP contribution in [0.25, 0.3) is 0 Å². The Hall–Kier alpha value is -1.47. The third-order valence-corrected chi connectivity index (χ3v) is 3.75. The molecule has 5 nitrogen and oxygen atoms in total. The Bertz CT molecular complexity index is 614. The normalized spacial score (nSPS) is 13.8. The molecule has 0 aliphatic carbocycles. The summed E-state index contributed by atoms with van der Waals surface area (Å²) in [6.45, 7) is 4.68. The van der Waals surface area contributed by atoms with Crippen LogP contribution in [0.4, 0.5) is 4.39 Å². The van der Waals surface area contributed by atoms with Crippen LogP contribution in [0, 0.1) is 5.82 Å². The number of hydrogen-bond acceptors (Lipinski definition) is 3. The largest absolute Gasteiger partial charge is 0.352 e. The average molecular weight is 316 g/mol. The van der Waals surface area contributed by atoms with Gasteiger partial charge in [0.25, 0.3) is 0 Å². The van der Waals surface area contributed by atoms with Crippen LogP contribution in [0.15, 0.2) is 24.3 Å². The van der Waals surface area contributed by atoms with Gasteiger partial charge in [0, 0.05) is 6.04 Å². The van der Waals surface area contributed by atoms with Gasteiger partial charge in [-0.2, -0.15) is 0 Å². The first-order valence-corrected chi connectivity index (χ1v) is 8.44. The maximum absolute atomic E-state index is 13.5. The van der Waals surface area contributed by atoms with Gasteiger partial charge in [0.1, 0.15) is 11.4 Å². The van der Waals surface area contributed by atoms with E-state index in [1.54, 1.807) is 25.1 Å². The zero-order chi connectivity index (χ0) is 16.3. The van der Waals surface area contributed by atoms with Crippen molar-refractivity contribution in [2.75, 3.05) is 6.26 Å². The van der Waals surface area contributed by atoms with Crippen molar-refractivity contribution in [3.8, 4) is 0 Å². The third-order valence-electron chi connectivity index (χ3n) is 2.87. The standard InChI is InChI=1S/C14H21FN2O3S/c1-10(9-11-7-5-6-8-12(11)15)16-13(18)14(2,3)17-21(4,19)20/h5-8,10,17H,9H2,1-4H3,(H,16,18)/t10-/m0/s1. The Morgan fingerprint density at radius 3 is 2.43 bits per heavy atom. The predicted molar refractivity (Wildman–Crippen MR) is 79.8 cm³/mol. The van der Waals surface area contributed by atoms with Crippen LogP contribution in [0.5, 0.6) is 0 Å². The summed E-state index contributed by atoms with van der Waals surface area (Å²) in [7, 11) is -3.50. The molecule has 0 aliphatic rings. The highest BCUT2D eigenvalue weighted by Crippen LogP contribution is 2.10. The highest BCUT2D eigenvalue weighted by molar-refractivity contribution is 7.88. The van der Waals surface area contributed by atoms with E-state index in [0.29, 0.717) is 12.0 Å². The lowest BCUT2D eigenvalue weighted by molar-refractivity contribution is -0.126. The Morgan fingerprint density at radius 2 is 1.90 bits per heavy atom. The molecule has 1 rings (SSSR count). The van der Waals surface area contributed by atoms with Crippen LogP contribution in [0.3, 0.4) is 0 Å². The minimum Gasteiger partial charge on any atom is -0.352 e. The first-order valence-electron chi connectivity index (χ1n) is 6.54. The fourth-order valence-electron chi connectivity index (χ4n) is 1.96. The molecule has 21 heavy (non-hydrogen) atoms. The summed E-state index contributed by atoms with van der Waals surface area (Å²) in [5.74, 6) is -0.788. The van der Waals surface area contributed by atoms with E-state index in [2.05, 4.69) is 10.0 Å². The van der Waals surface area contributed by atoms with Gasteiger partial charge in [-0.15, -0.1) is 0 Å². The Balaban J connectivity index is 2.68. The van der Waals surface area contributed by atoms with Gasteiger partial charge in [-0.25, -0.2) is 17.5 Å². The summed E-state index contributed by atoms with van der Waals surface area (Å²) in [5, 5.41) is 2.69. The van der Waals surface area contributed by atoms with E-state index >= 15 is 0 Å². The van der Waals surface area contributed by atoms with Crippen molar-refractivity contribution in [3.05, 3.63) is 35.6 Å². The number of rotatable bonds is 6. The number of carbonyl (C=O) groups is 1. The quantitative estimate of drug-likeness (QED) is 0.828. The van der Waals surface area contributed by atoms with Crippen LogP contribution in [-0.2, 0) is 21.2 Å². The number of benzene rings is 1. The van der Waals surface area contributed by atoms with Crippen molar-refractivity contribution in [1.29, 1.82) is 0 Å². The molecular formula is C14H21FN2O3S. The summed E-state index contributed by atoms with van der Waals surface area (Å²) in [6, 6.07) is 6.01. The summed E-state index contributed by atoms with van der Waals surface area (Å²) < 4.78 is 38.3. The number of amides is 1. The third kappa shape index (κ3) is 5.81. The summed E-state index contributed by atoms with van der Waals surface area (Å²) >= 11 is 0. The average Bonchev–Trinajstić information content (AvgIpc) is 2.28. The van der Waals surface area contributed by atoms with Crippen molar-refractivity contribution in [3.63, 3.8) is 0 Å². The van der Waals surface area contributed by atoms with Crippen LogP contribution >= 0.6 is 0 Å². The molecule has 0 saturated heterocycles. The molecule has 0 bridgehead atoms. The Kier molecular flexibility index (Phi) is 5.47. The van der Waals surface area contributed by atoms with E-state index in [-0.39, 0.29) is 11.9 Å². The maximum Gasteiger partial charge on any atom is 0.240 e. The second-order valence-electron chi connectivity index (χ2n) is 5.67. The second-order valence-corrected chi connectivity index (χ2v) is 7.42. The van der Waals surface area contributed by atoms with E-state index in [0.717, 1.165) is 6.26 Å². The minimum absolute atomic E-state index is 0.324. The Morgan fingerprint density at radius 1 is 1.33 bits per heavy atom. The SMILES string of the molecule is C[C@@H](Cc1ccccc1F)NC(=O)C(C)(C)NS(C)(=O)=O. The van der Waals surface area contributed by atoms with Gasteiger partial charge in [-0.1, -0.05) is 18.2 Å². The van der Waals surface area contributed by atoms with Crippen LogP contribution < -0.4 is 10.0 Å². The van der Waals surface area contributed by atoms with Gasteiger partial charge in [0.15, 0.2) is 0 Å². The molecule has 0 radical (unpaired) electrons. The van der Waals surface area contributed by atoms with Gasteiger partial charge in [-0.05, 0) is 38.8 Å². The lowest BCUT2D eigenvalue weighted by Crippen LogP contribution is -2.56. The zero-order valence-corrected chi connectivity index (χ0v) is 13.4. The summed E-state index contributed by atoms with van der Waals surface area (Å²) in [5.41, 5.74) is -0.768. The number of sulfonamides is 1. The maximum atomic E-state index is 13.5. The number of hydrogen-bond donors (Lipinski definition) is 2. The number of carbonyl (C=O) groups excluding carboxylic acids is 1. The molecule has 1 amide bonds. The molecule has 0 aromatic heterocycles. The van der Waals surface area contributed by atoms with Crippen molar-refractivity contribution >= 4 is 15.9 Å². The molecule has 0 aliphatic heterocycles. The fourth-order valence-corrected chi connectivity index (χ4v) is 2.98. The number of halogens is 1. The molecular weight excluding hydrogens is 295 g/mol. The lowest BCUT2D eigenvalue weighted by atomic mass is 10.0. The van der Waals surface area contributed by atoms with Crippen LogP contribution in [-0.4, -0.2) is 32.2 Å². The minimum atomic E-state index is -3.50. The Labute approximate surface area is 125 Å². The molecule has 0 heterocycles. The summed E-state index contributed by atoms with van der Waals surface area (Å²) in [4.78, 5) is 12.1. The monoisotopic (exact) mass is 316 g/mol. The van der Waals surface area contributed by atoms with E-state index in [9.17, 15) is 17.6 Å². The predicted octanol–water partition coefficient (Wildman–Crippen LogP) is 1.20. The van der Waals surface area contributed by atoms with Crippen LogP contribution in [0.2, 0.25) is 0 Å².